The predicted molar refractivity (Wildman–Crippen MR) is 148 cm³/mol. The van der Waals surface area contributed by atoms with Gasteiger partial charge in [-0.2, -0.15) is 0 Å². The van der Waals surface area contributed by atoms with E-state index >= 15 is 0 Å². The fourth-order valence-electron chi connectivity index (χ4n) is 5.67. The van der Waals surface area contributed by atoms with Crippen LogP contribution >= 0.6 is 11.8 Å². The fraction of sp³-hybridized carbons (Fsp3) is 0.433. The standard InChI is InChI=1S/C30H35N3O3S/c1-20-6-8-22(9-7-20)19-33-25-4-2-3-5-26(25)37-27(30(33)36)18-21-10-12-24(13-11-21)29(35)32-16-14-23(15-17-32)28(31)34/h6-13,18,23,25-26H,2-5,14-17,19H2,1H3,(H2,31,34)/b27-18+. The molecule has 6 nitrogen and oxygen atoms in total. The first-order valence-corrected chi connectivity index (χ1v) is 14.2. The number of benzene rings is 2. The number of carbonyl (C=O) groups excluding carboxylic acids is 3. The van der Waals surface area contributed by atoms with E-state index < -0.39 is 0 Å². The van der Waals surface area contributed by atoms with Crippen LogP contribution in [0.1, 0.15) is 65.6 Å². The van der Waals surface area contributed by atoms with Crippen molar-refractivity contribution in [2.24, 2.45) is 11.7 Å². The molecule has 0 radical (unpaired) electrons. The van der Waals surface area contributed by atoms with Crippen LogP contribution in [0.3, 0.4) is 0 Å². The van der Waals surface area contributed by atoms with Gasteiger partial charge in [0.1, 0.15) is 0 Å². The van der Waals surface area contributed by atoms with Crippen molar-refractivity contribution in [3.63, 3.8) is 0 Å². The second-order valence-electron chi connectivity index (χ2n) is 10.5. The van der Waals surface area contributed by atoms with Gasteiger partial charge in [0.05, 0.1) is 4.91 Å². The molecule has 3 fully saturated rings. The molecule has 2 aromatic rings. The largest absolute Gasteiger partial charge is 0.369 e. The number of amides is 3. The van der Waals surface area contributed by atoms with Crippen molar-refractivity contribution in [2.45, 2.75) is 63.3 Å². The Morgan fingerprint density at radius 1 is 0.973 bits per heavy atom. The second-order valence-corrected chi connectivity index (χ2v) is 11.8. The smallest absolute Gasteiger partial charge is 0.260 e. The molecule has 2 aliphatic heterocycles. The number of likely N-dealkylation sites (tertiary alicyclic amines) is 1. The average Bonchev–Trinajstić information content (AvgIpc) is 2.92. The molecule has 0 spiro atoms. The van der Waals surface area contributed by atoms with Crippen LogP contribution in [0.15, 0.2) is 53.4 Å². The van der Waals surface area contributed by atoms with Crippen LogP contribution in [-0.2, 0) is 16.1 Å². The Kier molecular flexibility index (Phi) is 7.70. The highest BCUT2D eigenvalue weighted by Crippen LogP contribution is 2.42. The van der Waals surface area contributed by atoms with Gasteiger partial charge in [0.25, 0.3) is 11.8 Å². The molecule has 3 aliphatic rings. The van der Waals surface area contributed by atoms with E-state index in [9.17, 15) is 14.4 Å². The van der Waals surface area contributed by atoms with E-state index in [0.29, 0.717) is 43.3 Å². The van der Waals surface area contributed by atoms with E-state index in [1.807, 2.05) is 30.3 Å². The zero-order valence-corrected chi connectivity index (χ0v) is 22.2. The molecule has 2 saturated heterocycles. The second kappa shape index (κ2) is 11.1. The number of nitrogens with two attached hydrogens (primary N) is 1. The summed E-state index contributed by atoms with van der Waals surface area (Å²) in [6, 6.07) is 16.2. The lowest BCUT2D eigenvalue weighted by molar-refractivity contribution is -0.130. The van der Waals surface area contributed by atoms with E-state index in [2.05, 4.69) is 36.1 Å². The third-order valence-corrected chi connectivity index (χ3v) is 9.33. The van der Waals surface area contributed by atoms with Crippen molar-refractivity contribution in [1.29, 1.82) is 0 Å². The monoisotopic (exact) mass is 517 g/mol. The van der Waals surface area contributed by atoms with Crippen molar-refractivity contribution in [3.8, 4) is 0 Å². The number of thioether (sulfide) groups is 1. The molecule has 2 aromatic carbocycles. The van der Waals surface area contributed by atoms with Gasteiger partial charge in [-0.3, -0.25) is 14.4 Å². The molecule has 2 atom stereocenters. The highest BCUT2D eigenvalue weighted by atomic mass is 32.2. The summed E-state index contributed by atoms with van der Waals surface area (Å²) >= 11 is 1.73. The van der Waals surface area contributed by atoms with Crippen LogP contribution in [0.4, 0.5) is 0 Å². The Morgan fingerprint density at radius 3 is 2.32 bits per heavy atom. The normalized spacial score (nSPS) is 23.7. The number of hydrogen-bond donors (Lipinski definition) is 1. The maximum atomic E-state index is 13.7. The molecule has 2 unspecified atom stereocenters. The van der Waals surface area contributed by atoms with E-state index in [-0.39, 0.29) is 29.7 Å². The minimum absolute atomic E-state index is 0.0282. The van der Waals surface area contributed by atoms with E-state index in [4.69, 9.17) is 5.73 Å². The van der Waals surface area contributed by atoms with Crippen LogP contribution < -0.4 is 5.73 Å². The van der Waals surface area contributed by atoms with Gasteiger partial charge in [0, 0.05) is 42.4 Å². The van der Waals surface area contributed by atoms with E-state index in [1.165, 1.54) is 18.4 Å². The van der Waals surface area contributed by atoms with Crippen molar-refractivity contribution < 1.29 is 14.4 Å². The first-order valence-electron chi connectivity index (χ1n) is 13.3. The lowest BCUT2D eigenvalue weighted by Crippen LogP contribution is -2.50. The molecule has 0 aromatic heterocycles. The first kappa shape index (κ1) is 25.6. The molecule has 194 valence electrons. The molecule has 2 heterocycles. The van der Waals surface area contributed by atoms with E-state index in [1.54, 1.807) is 16.7 Å². The summed E-state index contributed by atoms with van der Waals surface area (Å²) < 4.78 is 0. The number of carbonyl (C=O) groups is 3. The summed E-state index contributed by atoms with van der Waals surface area (Å²) in [6.07, 6.45) is 7.79. The maximum Gasteiger partial charge on any atom is 0.260 e. The Labute approximate surface area is 223 Å². The van der Waals surface area contributed by atoms with Crippen molar-refractivity contribution in [2.75, 3.05) is 13.1 Å². The number of nitrogens with zero attached hydrogens (tertiary/aromatic N) is 2. The number of hydrogen-bond acceptors (Lipinski definition) is 4. The molecular weight excluding hydrogens is 482 g/mol. The molecule has 0 bridgehead atoms. The number of piperidine rings is 1. The third kappa shape index (κ3) is 5.77. The Morgan fingerprint density at radius 2 is 1.65 bits per heavy atom. The molecule has 7 heteroatoms. The van der Waals surface area contributed by atoms with Crippen molar-refractivity contribution >= 4 is 35.6 Å². The van der Waals surface area contributed by atoms with Gasteiger partial charge in [-0.1, -0.05) is 54.8 Å². The summed E-state index contributed by atoms with van der Waals surface area (Å²) in [5.74, 6) is -0.347. The van der Waals surface area contributed by atoms with Gasteiger partial charge >= 0.3 is 0 Å². The quantitative estimate of drug-likeness (QED) is 0.580. The molecule has 1 aliphatic carbocycles. The minimum Gasteiger partial charge on any atom is -0.369 e. The minimum atomic E-state index is -0.281. The first-order chi connectivity index (χ1) is 17.9. The zero-order chi connectivity index (χ0) is 25.9. The lowest BCUT2D eigenvalue weighted by atomic mass is 9.92. The highest BCUT2D eigenvalue weighted by Gasteiger charge is 2.40. The van der Waals surface area contributed by atoms with E-state index in [0.717, 1.165) is 28.9 Å². The lowest BCUT2D eigenvalue weighted by Gasteiger charge is -2.44. The van der Waals surface area contributed by atoms with Crippen LogP contribution in [0.2, 0.25) is 0 Å². The number of fused-ring (bicyclic) bond motifs is 1. The molecular formula is C30H35N3O3S. The Balaban J connectivity index is 1.30. The molecule has 3 amide bonds. The van der Waals surface area contributed by atoms with Crippen LogP contribution in [0, 0.1) is 12.8 Å². The van der Waals surface area contributed by atoms with Gasteiger partial charge in [0.2, 0.25) is 5.91 Å². The summed E-state index contributed by atoms with van der Waals surface area (Å²) in [4.78, 5) is 42.7. The van der Waals surface area contributed by atoms with Crippen LogP contribution in [0.25, 0.3) is 6.08 Å². The van der Waals surface area contributed by atoms with Gasteiger partial charge < -0.3 is 15.5 Å². The maximum absolute atomic E-state index is 13.7. The van der Waals surface area contributed by atoms with Crippen molar-refractivity contribution in [1.82, 2.24) is 9.80 Å². The Bertz CT molecular complexity index is 1180. The van der Waals surface area contributed by atoms with Gasteiger partial charge in [-0.25, -0.2) is 0 Å². The van der Waals surface area contributed by atoms with Crippen molar-refractivity contribution in [3.05, 3.63) is 75.7 Å². The number of primary amides is 1. The topological polar surface area (TPSA) is 83.7 Å². The summed E-state index contributed by atoms with van der Waals surface area (Å²) in [6.45, 7) is 3.80. The summed E-state index contributed by atoms with van der Waals surface area (Å²) in [5.41, 5.74) is 9.34. The molecule has 37 heavy (non-hydrogen) atoms. The van der Waals surface area contributed by atoms with Crippen LogP contribution in [-0.4, -0.2) is 51.9 Å². The molecule has 2 N–H and O–H groups in total. The number of rotatable bonds is 5. The summed E-state index contributed by atoms with van der Waals surface area (Å²) in [5, 5.41) is 0.423. The predicted octanol–water partition coefficient (Wildman–Crippen LogP) is 4.76. The van der Waals surface area contributed by atoms with Gasteiger partial charge in [-0.05, 0) is 61.9 Å². The SMILES string of the molecule is Cc1ccc(CN2C(=O)/C(=C\c3ccc(C(=O)N4CCC(C(N)=O)CC4)cc3)SC3CCCCC32)cc1. The van der Waals surface area contributed by atoms with Gasteiger partial charge in [0.15, 0.2) is 0 Å². The molecule has 1 saturated carbocycles. The molecule has 5 rings (SSSR count). The average molecular weight is 518 g/mol. The fourth-order valence-corrected chi connectivity index (χ4v) is 7.15. The van der Waals surface area contributed by atoms with Crippen LogP contribution in [0.5, 0.6) is 0 Å². The summed E-state index contributed by atoms with van der Waals surface area (Å²) in [7, 11) is 0. The third-order valence-electron chi connectivity index (χ3n) is 7.93. The number of aryl methyl sites for hydroxylation is 1. The highest BCUT2D eigenvalue weighted by molar-refractivity contribution is 8.04. The zero-order valence-electron chi connectivity index (χ0n) is 21.4. The van der Waals surface area contributed by atoms with Gasteiger partial charge in [-0.15, -0.1) is 11.8 Å². The Hall–Kier alpha value is -3.06.